The molecule has 2 saturated heterocycles. The molecule has 0 aliphatic carbocycles. The second-order valence-corrected chi connectivity index (χ2v) is 10.4. The smallest absolute Gasteiger partial charge is 0.386 e. The van der Waals surface area contributed by atoms with Crippen LogP contribution in [0.15, 0.2) is 48.7 Å². The summed E-state index contributed by atoms with van der Waals surface area (Å²) < 4.78 is 42.5. The maximum Gasteiger partial charge on any atom is 0.416 e. The van der Waals surface area contributed by atoms with Gasteiger partial charge in [-0.2, -0.15) is 13.2 Å². The van der Waals surface area contributed by atoms with Crippen LogP contribution >= 0.6 is 0 Å². The first-order valence-corrected chi connectivity index (χ1v) is 12.4. The van der Waals surface area contributed by atoms with Gasteiger partial charge in [-0.05, 0) is 49.2 Å². The molecule has 0 saturated carbocycles. The molecule has 3 unspecified atom stereocenters. The lowest BCUT2D eigenvalue weighted by atomic mass is 9.81. The van der Waals surface area contributed by atoms with Crippen LogP contribution in [0.25, 0.3) is 10.9 Å². The summed E-state index contributed by atoms with van der Waals surface area (Å²) in [6, 6.07) is 10.8. The van der Waals surface area contributed by atoms with Crippen molar-refractivity contribution in [2.24, 2.45) is 0 Å². The lowest BCUT2D eigenvalue weighted by molar-refractivity contribution is -0.138. The molecule has 2 amide bonds. The Morgan fingerprint density at radius 2 is 1.58 bits per heavy atom. The maximum atomic E-state index is 14.2. The van der Waals surface area contributed by atoms with E-state index in [2.05, 4.69) is 10.3 Å². The molecule has 0 radical (unpaired) electrons. The number of fused-ring (bicyclic) bond motifs is 1. The molecular formula is C27H29F3N4O4. The highest BCUT2D eigenvalue weighted by molar-refractivity contribution is 6.12. The first-order chi connectivity index (χ1) is 17.9. The van der Waals surface area contributed by atoms with Gasteiger partial charge in [0.1, 0.15) is 6.23 Å². The Morgan fingerprint density at radius 3 is 2.21 bits per heavy atom. The number of para-hydroxylation sites is 1. The summed E-state index contributed by atoms with van der Waals surface area (Å²) in [5, 5.41) is 23.4. The second-order valence-electron chi connectivity index (χ2n) is 10.4. The Bertz CT molecular complexity index is 1370. The van der Waals surface area contributed by atoms with Crippen molar-refractivity contribution in [3.8, 4) is 0 Å². The lowest BCUT2D eigenvalue weighted by Crippen LogP contribution is -2.56. The number of hydrogen-bond acceptors (Lipinski definition) is 6. The van der Waals surface area contributed by atoms with Crippen molar-refractivity contribution in [2.75, 3.05) is 31.1 Å². The summed E-state index contributed by atoms with van der Waals surface area (Å²) in [4.78, 5) is 32.6. The van der Waals surface area contributed by atoms with Crippen LogP contribution in [0.3, 0.4) is 0 Å². The Hall–Kier alpha value is -3.41. The molecule has 2 aliphatic rings. The number of aliphatic hydroxyl groups excluding tert-OH is 1. The van der Waals surface area contributed by atoms with Gasteiger partial charge in [0.15, 0.2) is 0 Å². The number of alkyl halides is 3. The van der Waals surface area contributed by atoms with E-state index in [1.54, 1.807) is 35.4 Å². The molecule has 3 aromatic rings. The van der Waals surface area contributed by atoms with Gasteiger partial charge in [0, 0.05) is 49.0 Å². The van der Waals surface area contributed by atoms with Gasteiger partial charge in [0.25, 0.3) is 0 Å². The molecule has 2 fully saturated rings. The standard InChI is InChI=1S/C27H29F3N4O4/c1-26(2,38)25(37)34-11-9-33(10-12-34)15-7-8-19(27(28,29)30)17(13-15)21-22(24(36)32-23(21)35)18-14-31-20-6-4-3-5-16(18)20/h3-8,13-14,21-22,25,31,37-38H,9-12H2,1-2H3,(H,32,35,36). The number of H-pyrrole nitrogens is 1. The molecule has 11 heteroatoms. The van der Waals surface area contributed by atoms with Gasteiger partial charge in [-0.1, -0.05) is 18.2 Å². The van der Waals surface area contributed by atoms with Gasteiger partial charge in [-0.3, -0.25) is 19.8 Å². The first-order valence-electron chi connectivity index (χ1n) is 12.4. The molecule has 0 bridgehead atoms. The third kappa shape index (κ3) is 4.65. The van der Waals surface area contributed by atoms with Gasteiger partial charge in [0.05, 0.1) is 23.0 Å². The average Bonchev–Trinajstić information content (AvgIpc) is 3.41. The third-order valence-electron chi connectivity index (χ3n) is 7.43. The predicted molar refractivity (Wildman–Crippen MR) is 134 cm³/mol. The largest absolute Gasteiger partial charge is 0.416 e. The van der Waals surface area contributed by atoms with E-state index in [0.717, 1.165) is 6.07 Å². The number of nitrogens with zero attached hydrogens (tertiary/aromatic N) is 2. The number of carbonyl (C=O) groups is 2. The number of nitrogens with one attached hydrogen (secondary N) is 2. The topological polar surface area (TPSA) is 109 Å². The molecular weight excluding hydrogens is 501 g/mol. The number of amides is 2. The van der Waals surface area contributed by atoms with Crippen molar-refractivity contribution in [3.05, 3.63) is 65.4 Å². The van der Waals surface area contributed by atoms with Crippen molar-refractivity contribution in [2.45, 2.75) is 43.7 Å². The summed E-state index contributed by atoms with van der Waals surface area (Å²) in [6.45, 7) is 4.54. The van der Waals surface area contributed by atoms with E-state index in [1.165, 1.54) is 26.0 Å². The molecule has 3 heterocycles. The Balaban J connectivity index is 1.52. The number of imide groups is 1. The minimum atomic E-state index is -4.74. The van der Waals surface area contributed by atoms with E-state index in [0.29, 0.717) is 48.3 Å². The Labute approximate surface area is 217 Å². The summed E-state index contributed by atoms with van der Waals surface area (Å²) >= 11 is 0. The van der Waals surface area contributed by atoms with Crippen molar-refractivity contribution < 1.29 is 33.0 Å². The number of halogens is 3. The van der Waals surface area contributed by atoms with Crippen LogP contribution in [0.2, 0.25) is 0 Å². The minimum Gasteiger partial charge on any atom is -0.386 e. The van der Waals surface area contributed by atoms with Crippen LogP contribution in [-0.2, 0) is 15.8 Å². The zero-order valence-corrected chi connectivity index (χ0v) is 20.9. The fraction of sp³-hybridized carbons (Fsp3) is 0.407. The summed E-state index contributed by atoms with van der Waals surface area (Å²) in [7, 11) is 0. The number of anilines is 1. The predicted octanol–water partition coefficient (Wildman–Crippen LogP) is 2.92. The highest BCUT2D eigenvalue weighted by Crippen LogP contribution is 2.46. The van der Waals surface area contributed by atoms with E-state index in [1.807, 2.05) is 4.90 Å². The monoisotopic (exact) mass is 530 g/mol. The van der Waals surface area contributed by atoms with Crippen LogP contribution in [0.4, 0.5) is 18.9 Å². The number of carbonyl (C=O) groups excluding carboxylic acids is 2. The van der Waals surface area contributed by atoms with E-state index in [9.17, 15) is 33.0 Å². The molecule has 202 valence electrons. The zero-order valence-electron chi connectivity index (χ0n) is 20.9. The minimum absolute atomic E-state index is 0.257. The molecule has 3 atom stereocenters. The number of aromatic nitrogens is 1. The van der Waals surface area contributed by atoms with E-state index >= 15 is 0 Å². The molecule has 5 rings (SSSR count). The quantitative estimate of drug-likeness (QED) is 0.378. The SMILES string of the molecule is CC(C)(O)C(O)N1CCN(c2ccc(C(F)(F)F)c(C3C(=O)NC(=O)C3c3c[nH]c4ccccc34)c2)CC1. The first kappa shape index (κ1) is 26.2. The van der Waals surface area contributed by atoms with Gasteiger partial charge < -0.3 is 20.1 Å². The number of benzene rings is 2. The van der Waals surface area contributed by atoms with Crippen LogP contribution in [0.1, 0.15) is 42.4 Å². The van der Waals surface area contributed by atoms with Crippen molar-refractivity contribution in [1.29, 1.82) is 0 Å². The van der Waals surface area contributed by atoms with Gasteiger partial charge in [-0.25, -0.2) is 0 Å². The number of hydrogen-bond donors (Lipinski definition) is 4. The molecule has 0 spiro atoms. The summed E-state index contributed by atoms with van der Waals surface area (Å²) in [5.74, 6) is -3.91. The number of aromatic amines is 1. The van der Waals surface area contributed by atoms with E-state index < -0.39 is 47.2 Å². The second kappa shape index (κ2) is 9.40. The van der Waals surface area contributed by atoms with Crippen LogP contribution in [0.5, 0.6) is 0 Å². The van der Waals surface area contributed by atoms with Crippen LogP contribution in [0, 0.1) is 0 Å². The Morgan fingerprint density at radius 1 is 0.947 bits per heavy atom. The van der Waals surface area contributed by atoms with Crippen LogP contribution in [-0.4, -0.2) is 69.9 Å². The molecule has 8 nitrogen and oxygen atoms in total. The average molecular weight is 531 g/mol. The Kier molecular flexibility index (Phi) is 6.49. The summed E-state index contributed by atoms with van der Waals surface area (Å²) in [5.41, 5.74) is -0.894. The number of piperazine rings is 1. The highest BCUT2D eigenvalue weighted by atomic mass is 19.4. The van der Waals surface area contributed by atoms with Gasteiger partial charge in [-0.15, -0.1) is 0 Å². The summed E-state index contributed by atoms with van der Waals surface area (Å²) in [6.07, 6.45) is -4.25. The van der Waals surface area contributed by atoms with Crippen molar-refractivity contribution in [1.82, 2.24) is 15.2 Å². The third-order valence-corrected chi connectivity index (χ3v) is 7.43. The fourth-order valence-corrected chi connectivity index (χ4v) is 5.51. The number of rotatable bonds is 5. The van der Waals surface area contributed by atoms with Gasteiger partial charge in [0.2, 0.25) is 11.8 Å². The highest BCUT2D eigenvalue weighted by Gasteiger charge is 2.48. The molecule has 38 heavy (non-hydrogen) atoms. The van der Waals surface area contributed by atoms with Crippen LogP contribution < -0.4 is 10.2 Å². The normalized spacial score (nSPS) is 22.2. The number of aliphatic hydroxyl groups is 2. The molecule has 1 aromatic heterocycles. The van der Waals surface area contributed by atoms with Crippen molar-refractivity contribution in [3.63, 3.8) is 0 Å². The van der Waals surface area contributed by atoms with Crippen molar-refractivity contribution >= 4 is 28.4 Å². The maximum absolute atomic E-state index is 14.2. The molecule has 2 aliphatic heterocycles. The zero-order chi connectivity index (χ0) is 27.4. The molecule has 4 N–H and O–H groups in total. The lowest BCUT2D eigenvalue weighted by Gasteiger charge is -2.41. The fourth-order valence-electron chi connectivity index (χ4n) is 5.51. The molecule has 2 aromatic carbocycles. The van der Waals surface area contributed by atoms with E-state index in [4.69, 9.17) is 0 Å². The van der Waals surface area contributed by atoms with E-state index in [-0.39, 0.29) is 5.56 Å². The van der Waals surface area contributed by atoms with Gasteiger partial charge >= 0.3 is 6.18 Å².